The summed E-state index contributed by atoms with van der Waals surface area (Å²) in [7, 11) is 2.02. The molecule has 1 aliphatic heterocycles. The standard InChI is InChI=1S/C12H21N5/c1-14-8-10-3-6-17(7-4-10)9-12-15-5-2-11(13)16-12/h2,5,10,14H,3-4,6-9H2,1H3,(H2,13,15,16). The summed E-state index contributed by atoms with van der Waals surface area (Å²) in [5.41, 5.74) is 5.65. The van der Waals surface area contributed by atoms with E-state index in [1.54, 1.807) is 12.3 Å². The van der Waals surface area contributed by atoms with Crippen LogP contribution in [-0.2, 0) is 6.54 Å². The lowest BCUT2D eigenvalue weighted by atomic mass is 9.97. The van der Waals surface area contributed by atoms with Gasteiger partial charge < -0.3 is 11.1 Å². The summed E-state index contributed by atoms with van der Waals surface area (Å²) < 4.78 is 0. The zero-order chi connectivity index (χ0) is 12.1. The van der Waals surface area contributed by atoms with Gasteiger partial charge in [0.2, 0.25) is 0 Å². The summed E-state index contributed by atoms with van der Waals surface area (Å²) in [6.45, 7) is 4.20. The third kappa shape index (κ3) is 3.64. The van der Waals surface area contributed by atoms with Crippen molar-refractivity contribution >= 4 is 5.82 Å². The summed E-state index contributed by atoms with van der Waals surface area (Å²) in [5, 5.41) is 3.25. The maximum absolute atomic E-state index is 5.65. The molecule has 1 saturated heterocycles. The number of likely N-dealkylation sites (tertiary alicyclic amines) is 1. The van der Waals surface area contributed by atoms with Crippen LogP contribution in [0.3, 0.4) is 0 Å². The monoisotopic (exact) mass is 235 g/mol. The number of nitrogens with one attached hydrogen (secondary N) is 1. The lowest BCUT2D eigenvalue weighted by Crippen LogP contribution is -2.36. The Balaban J connectivity index is 1.82. The van der Waals surface area contributed by atoms with Crippen LogP contribution in [0.25, 0.3) is 0 Å². The molecule has 0 aliphatic carbocycles. The fourth-order valence-corrected chi connectivity index (χ4v) is 2.33. The Hall–Kier alpha value is -1.20. The van der Waals surface area contributed by atoms with Crippen LogP contribution in [0.15, 0.2) is 12.3 Å². The molecule has 0 bridgehead atoms. The molecule has 0 amide bonds. The van der Waals surface area contributed by atoms with Crippen LogP contribution >= 0.6 is 0 Å². The Bertz CT molecular complexity index is 347. The lowest BCUT2D eigenvalue weighted by Gasteiger charge is -2.31. The molecule has 0 spiro atoms. The van der Waals surface area contributed by atoms with Gasteiger partial charge in [-0.3, -0.25) is 4.90 Å². The number of nitrogens with zero attached hydrogens (tertiary/aromatic N) is 3. The Morgan fingerprint density at radius 3 is 2.88 bits per heavy atom. The highest BCUT2D eigenvalue weighted by Gasteiger charge is 2.19. The molecule has 94 valence electrons. The van der Waals surface area contributed by atoms with Gasteiger partial charge >= 0.3 is 0 Å². The topological polar surface area (TPSA) is 67.1 Å². The van der Waals surface area contributed by atoms with Crippen molar-refractivity contribution in [2.24, 2.45) is 5.92 Å². The van der Waals surface area contributed by atoms with Crippen LogP contribution in [-0.4, -0.2) is 41.5 Å². The van der Waals surface area contributed by atoms with E-state index in [0.717, 1.165) is 37.9 Å². The highest BCUT2D eigenvalue weighted by Crippen LogP contribution is 2.17. The smallest absolute Gasteiger partial charge is 0.144 e. The van der Waals surface area contributed by atoms with Crippen molar-refractivity contribution in [3.63, 3.8) is 0 Å². The zero-order valence-electron chi connectivity index (χ0n) is 10.4. The normalized spacial score (nSPS) is 18.4. The number of hydrogen-bond acceptors (Lipinski definition) is 5. The van der Waals surface area contributed by atoms with Gasteiger partial charge in [0.1, 0.15) is 11.6 Å². The average Bonchev–Trinajstić information content (AvgIpc) is 2.32. The molecular formula is C12H21N5. The summed E-state index contributed by atoms with van der Waals surface area (Å²) in [6.07, 6.45) is 4.23. The first kappa shape index (κ1) is 12.3. The van der Waals surface area contributed by atoms with E-state index in [1.807, 2.05) is 7.05 Å². The molecule has 0 aromatic carbocycles. The third-order valence-corrected chi connectivity index (χ3v) is 3.29. The van der Waals surface area contributed by atoms with Gasteiger partial charge in [-0.2, -0.15) is 0 Å². The number of piperidine rings is 1. The predicted octanol–water partition coefficient (Wildman–Crippen LogP) is 0.490. The van der Waals surface area contributed by atoms with E-state index in [4.69, 9.17) is 5.73 Å². The van der Waals surface area contributed by atoms with Crippen molar-refractivity contribution in [3.8, 4) is 0 Å². The van der Waals surface area contributed by atoms with Crippen molar-refractivity contribution in [3.05, 3.63) is 18.1 Å². The van der Waals surface area contributed by atoms with Gasteiger partial charge in [-0.15, -0.1) is 0 Å². The first-order valence-electron chi connectivity index (χ1n) is 6.22. The van der Waals surface area contributed by atoms with Crippen molar-refractivity contribution in [1.82, 2.24) is 20.2 Å². The van der Waals surface area contributed by atoms with Crippen LogP contribution in [0.4, 0.5) is 5.82 Å². The van der Waals surface area contributed by atoms with Crippen LogP contribution in [0, 0.1) is 5.92 Å². The van der Waals surface area contributed by atoms with Crippen molar-refractivity contribution in [2.75, 3.05) is 32.4 Å². The Kier molecular flexibility index (Phi) is 4.28. The van der Waals surface area contributed by atoms with E-state index in [0.29, 0.717) is 5.82 Å². The van der Waals surface area contributed by atoms with E-state index in [2.05, 4.69) is 20.2 Å². The quantitative estimate of drug-likeness (QED) is 0.795. The molecule has 5 heteroatoms. The van der Waals surface area contributed by atoms with Crippen LogP contribution < -0.4 is 11.1 Å². The van der Waals surface area contributed by atoms with Crippen LogP contribution in [0.5, 0.6) is 0 Å². The van der Waals surface area contributed by atoms with Gasteiger partial charge in [-0.1, -0.05) is 0 Å². The molecule has 2 rings (SSSR count). The minimum Gasteiger partial charge on any atom is -0.384 e. The van der Waals surface area contributed by atoms with Gasteiger partial charge in [0.15, 0.2) is 0 Å². The number of nitrogens with two attached hydrogens (primary N) is 1. The van der Waals surface area contributed by atoms with Crippen molar-refractivity contribution in [2.45, 2.75) is 19.4 Å². The van der Waals surface area contributed by atoms with E-state index in [9.17, 15) is 0 Å². The fourth-order valence-electron chi connectivity index (χ4n) is 2.33. The molecule has 1 aliphatic rings. The van der Waals surface area contributed by atoms with Gasteiger partial charge in [-0.25, -0.2) is 9.97 Å². The second kappa shape index (κ2) is 5.93. The summed E-state index contributed by atoms with van der Waals surface area (Å²) >= 11 is 0. The average molecular weight is 235 g/mol. The number of aromatic nitrogens is 2. The molecule has 1 aromatic rings. The lowest BCUT2D eigenvalue weighted by molar-refractivity contribution is 0.173. The molecular weight excluding hydrogens is 214 g/mol. The molecule has 0 unspecified atom stereocenters. The molecule has 17 heavy (non-hydrogen) atoms. The Morgan fingerprint density at radius 2 is 2.24 bits per heavy atom. The third-order valence-electron chi connectivity index (χ3n) is 3.29. The van der Waals surface area contributed by atoms with E-state index in [-0.39, 0.29) is 0 Å². The Labute approximate surface area is 102 Å². The predicted molar refractivity (Wildman–Crippen MR) is 68.4 cm³/mol. The Morgan fingerprint density at radius 1 is 1.47 bits per heavy atom. The highest BCUT2D eigenvalue weighted by atomic mass is 15.2. The maximum atomic E-state index is 5.65. The van der Waals surface area contributed by atoms with Crippen LogP contribution in [0.1, 0.15) is 18.7 Å². The second-order valence-corrected chi connectivity index (χ2v) is 4.67. The van der Waals surface area contributed by atoms with E-state index < -0.39 is 0 Å². The molecule has 3 N–H and O–H groups in total. The summed E-state index contributed by atoms with van der Waals surface area (Å²) in [4.78, 5) is 10.9. The zero-order valence-corrected chi connectivity index (χ0v) is 10.4. The maximum Gasteiger partial charge on any atom is 0.144 e. The summed E-state index contributed by atoms with van der Waals surface area (Å²) in [5.74, 6) is 2.20. The first-order valence-corrected chi connectivity index (χ1v) is 6.22. The molecule has 5 nitrogen and oxygen atoms in total. The first-order chi connectivity index (χ1) is 8.28. The highest BCUT2D eigenvalue weighted by molar-refractivity contribution is 5.24. The number of anilines is 1. The molecule has 2 heterocycles. The van der Waals surface area contributed by atoms with E-state index in [1.165, 1.54) is 12.8 Å². The fraction of sp³-hybridized carbons (Fsp3) is 0.667. The second-order valence-electron chi connectivity index (χ2n) is 4.67. The SMILES string of the molecule is CNCC1CCN(Cc2nccc(N)n2)CC1. The van der Waals surface area contributed by atoms with Gasteiger partial charge in [-0.05, 0) is 51.5 Å². The van der Waals surface area contributed by atoms with Gasteiger partial charge in [0.05, 0.1) is 6.54 Å². The van der Waals surface area contributed by atoms with Crippen molar-refractivity contribution < 1.29 is 0 Å². The largest absolute Gasteiger partial charge is 0.384 e. The number of nitrogen functional groups attached to an aromatic ring is 1. The molecule has 0 saturated carbocycles. The van der Waals surface area contributed by atoms with Crippen LogP contribution in [0.2, 0.25) is 0 Å². The minimum absolute atomic E-state index is 0.556. The molecule has 1 aromatic heterocycles. The minimum atomic E-state index is 0.556. The molecule has 0 radical (unpaired) electrons. The van der Waals surface area contributed by atoms with Crippen molar-refractivity contribution in [1.29, 1.82) is 0 Å². The number of hydrogen-bond donors (Lipinski definition) is 2. The van der Waals surface area contributed by atoms with Gasteiger partial charge in [0.25, 0.3) is 0 Å². The molecule has 1 fully saturated rings. The number of rotatable bonds is 4. The molecule has 0 atom stereocenters. The van der Waals surface area contributed by atoms with Gasteiger partial charge in [0, 0.05) is 6.20 Å². The van der Waals surface area contributed by atoms with E-state index >= 15 is 0 Å². The summed E-state index contributed by atoms with van der Waals surface area (Å²) in [6, 6.07) is 1.72.